The number of amides is 1. The highest BCUT2D eigenvalue weighted by atomic mass is 16.3. The number of nitrogens with one attached hydrogen (secondary N) is 1. The molecule has 39 heavy (non-hydrogen) atoms. The molecule has 0 radical (unpaired) electrons. The molecule has 1 amide bonds. The lowest BCUT2D eigenvalue weighted by Gasteiger charge is -2.51. The standard InChI is InChI=1S/C29H40N6O4/c1-2-20-14-22(15-23(17-36)33(20)21-12-18-7-3-4-8-19(11-18)13-21)34-25-10-6-5-9-24(25)31-27(28(34)38)35-29(39)32-26(37)16-30-35/h5-6,9-10,16,18-23,29,36,39H,2-4,7-8,11-15,17H2,1H3,(H,32,37). The van der Waals surface area contributed by atoms with Crippen molar-refractivity contribution in [1.29, 1.82) is 0 Å². The lowest BCUT2D eigenvalue weighted by Crippen LogP contribution is -2.57. The van der Waals surface area contributed by atoms with E-state index in [1.54, 1.807) is 4.57 Å². The number of hydrogen-bond acceptors (Lipinski definition) is 8. The Balaban J connectivity index is 1.37. The van der Waals surface area contributed by atoms with Gasteiger partial charge >= 0.3 is 0 Å². The van der Waals surface area contributed by atoms with Gasteiger partial charge in [0.15, 0.2) is 0 Å². The van der Waals surface area contributed by atoms with Crippen LogP contribution in [0.15, 0.2) is 34.2 Å². The lowest BCUT2D eigenvalue weighted by molar-refractivity contribution is -0.117. The number of aliphatic hydroxyl groups excluding tert-OH is 2. The summed E-state index contributed by atoms with van der Waals surface area (Å²) in [6.07, 6.45) is 11.1. The van der Waals surface area contributed by atoms with Gasteiger partial charge in [-0.15, -0.1) is 0 Å². The largest absolute Gasteiger partial charge is 0.395 e. The molecule has 10 heteroatoms. The van der Waals surface area contributed by atoms with Crippen molar-refractivity contribution in [2.24, 2.45) is 16.9 Å². The Kier molecular flexibility index (Phi) is 7.43. The van der Waals surface area contributed by atoms with Crippen molar-refractivity contribution in [3.8, 4) is 0 Å². The maximum atomic E-state index is 14.0. The average Bonchev–Trinajstić information content (AvgIpc) is 3.11. The molecule has 3 fully saturated rings. The van der Waals surface area contributed by atoms with Crippen LogP contribution in [0, 0.1) is 11.8 Å². The number of hydrazone groups is 1. The highest BCUT2D eigenvalue weighted by Crippen LogP contribution is 2.44. The van der Waals surface area contributed by atoms with Crippen LogP contribution in [0.5, 0.6) is 0 Å². The van der Waals surface area contributed by atoms with E-state index in [9.17, 15) is 19.8 Å². The van der Waals surface area contributed by atoms with Gasteiger partial charge in [0.25, 0.3) is 11.5 Å². The second-order valence-electron chi connectivity index (χ2n) is 11.9. The minimum atomic E-state index is -1.48. The topological polar surface area (TPSA) is 123 Å². The van der Waals surface area contributed by atoms with Crippen molar-refractivity contribution in [3.05, 3.63) is 34.6 Å². The molecule has 0 spiro atoms. The summed E-state index contributed by atoms with van der Waals surface area (Å²) in [5.74, 6) is 1.01. The molecule has 6 unspecified atom stereocenters. The average molecular weight is 537 g/mol. The Morgan fingerprint density at radius 1 is 0.974 bits per heavy atom. The van der Waals surface area contributed by atoms with E-state index in [-0.39, 0.29) is 36.1 Å². The van der Waals surface area contributed by atoms with Gasteiger partial charge < -0.3 is 20.1 Å². The van der Waals surface area contributed by atoms with E-state index in [1.807, 2.05) is 24.3 Å². The first-order chi connectivity index (χ1) is 19.0. The SMILES string of the molecule is CCC1CC(n2c(=O)c(N3N=CC(=O)NC3O)nc3ccccc32)CC(CO)N1C1CC2CCCCC(C2)C1. The summed E-state index contributed by atoms with van der Waals surface area (Å²) in [6, 6.07) is 8.07. The summed E-state index contributed by atoms with van der Waals surface area (Å²) in [5.41, 5.74) is 0.966. The number of fused-ring (bicyclic) bond motifs is 3. The molecule has 6 rings (SSSR count). The number of aliphatic hydroxyl groups is 2. The Hall–Kier alpha value is -2.82. The summed E-state index contributed by atoms with van der Waals surface area (Å²) < 4.78 is 1.79. The Morgan fingerprint density at radius 2 is 1.69 bits per heavy atom. The zero-order valence-corrected chi connectivity index (χ0v) is 22.7. The monoisotopic (exact) mass is 536 g/mol. The quantitative estimate of drug-likeness (QED) is 0.537. The minimum absolute atomic E-state index is 0.0287. The maximum absolute atomic E-state index is 14.0. The summed E-state index contributed by atoms with van der Waals surface area (Å²) in [6.45, 7) is 2.27. The number of hydrogen-bond donors (Lipinski definition) is 3. The first kappa shape index (κ1) is 26.4. The Bertz CT molecular complexity index is 1270. The van der Waals surface area contributed by atoms with Crippen LogP contribution in [0.25, 0.3) is 11.0 Å². The number of aromatic nitrogens is 2. The van der Waals surface area contributed by atoms with E-state index in [0.717, 1.165) is 41.4 Å². The number of likely N-dealkylation sites (tertiary alicyclic amines) is 1. The summed E-state index contributed by atoms with van der Waals surface area (Å²) in [5, 5.41) is 28.6. The van der Waals surface area contributed by atoms with Crippen LogP contribution in [-0.2, 0) is 4.79 Å². The van der Waals surface area contributed by atoms with Crippen LogP contribution < -0.4 is 15.9 Å². The molecule has 1 saturated heterocycles. The van der Waals surface area contributed by atoms with Crippen molar-refractivity contribution < 1.29 is 15.0 Å². The van der Waals surface area contributed by atoms with Gasteiger partial charge in [0.2, 0.25) is 12.2 Å². The molecule has 4 aliphatic rings. The van der Waals surface area contributed by atoms with E-state index >= 15 is 0 Å². The van der Waals surface area contributed by atoms with Gasteiger partial charge in [-0.25, -0.2) is 4.98 Å². The molecule has 2 aliphatic heterocycles. The van der Waals surface area contributed by atoms with Crippen molar-refractivity contribution in [2.45, 2.75) is 102 Å². The van der Waals surface area contributed by atoms with E-state index in [0.29, 0.717) is 18.0 Å². The second kappa shape index (κ2) is 11.0. The van der Waals surface area contributed by atoms with Crippen LogP contribution in [0.2, 0.25) is 0 Å². The van der Waals surface area contributed by atoms with Crippen molar-refractivity contribution in [3.63, 3.8) is 0 Å². The van der Waals surface area contributed by atoms with Crippen LogP contribution in [-0.4, -0.2) is 67.9 Å². The predicted octanol–water partition coefficient (Wildman–Crippen LogP) is 2.73. The van der Waals surface area contributed by atoms with Crippen LogP contribution in [0.1, 0.15) is 77.2 Å². The molecule has 1 aromatic heterocycles. The van der Waals surface area contributed by atoms with E-state index < -0.39 is 12.3 Å². The molecule has 1 aromatic carbocycles. The first-order valence-electron chi connectivity index (χ1n) is 14.7. The summed E-state index contributed by atoms with van der Waals surface area (Å²) in [4.78, 5) is 32.9. The van der Waals surface area contributed by atoms with Crippen LogP contribution in [0.3, 0.4) is 0 Å². The number of nitrogens with zero attached hydrogens (tertiary/aromatic N) is 5. The minimum Gasteiger partial charge on any atom is -0.395 e. The van der Waals surface area contributed by atoms with Gasteiger partial charge in [-0.05, 0) is 62.5 Å². The molecule has 3 heterocycles. The smallest absolute Gasteiger partial charge is 0.296 e. The van der Waals surface area contributed by atoms with Gasteiger partial charge in [-0.2, -0.15) is 10.1 Å². The lowest BCUT2D eigenvalue weighted by atomic mass is 9.75. The Labute approximate surface area is 228 Å². The Morgan fingerprint density at radius 3 is 2.38 bits per heavy atom. The molecule has 6 atom stereocenters. The van der Waals surface area contributed by atoms with Gasteiger partial charge in [0.05, 0.1) is 17.6 Å². The van der Waals surface area contributed by atoms with Crippen LogP contribution in [0.4, 0.5) is 5.82 Å². The molecule has 10 nitrogen and oxygen atoms in total. The van der Waals surface area contributed by atoms with Gasteiger partial charge in [0, 0.05) is 24.2 Å². The number of anilines is 1. The van der Waals surface area contributed by atoms with Gasteiger partial charge in [-0.3, -0.25) is 14.5 Å². The third-order valence-electron chi connectivity index (χ3n) is 9.55. The van der Waals surface area contributed by atoms with Gasteiger partial charge in [0.1, 0.15) is 6.21 Å². The van der Waals surface area contributed by atoms with E-state index in [1.165, 1.54) is 44.9 Å². The zero-order chi connectivity index (χ0) is 27.1. The highest BCUT2D eigenvalue weighted by molar-refractivity contribution is 6.27. The molecule has 2 aliphatic carbocycles. The molecular formula is C29H40N6O4. The zero-order valence-electron chi connectivity index (χ0n) is 22.7. The third-order valence-corrected chi connectivity index (χ3v) is 9.55. The molecule has 210 valence electrons. The van der Waals surface area contributed by atoms with Crippen molar-refractivity contribution in [1.82, 2.24) is 19.8 Å². The number of para-hydroxylation sites is 2. The molecular weight excluding hydrogens is 496 g/mol. The van der Waals surface area contributed by atoms with E-state index in [2.05, 4.69) is 27.2 Å². The number of rotatable bonds is 5. The summed E-state index contributed by atoms with van der Waals surface area (Å²) in [7, 11) is 0. The maximum Gasteiger partial charge on any atom is 0.296 e. The highest BCUT2D eigenvalue weighted by Gasteiger charge is 2.43. The number of benzene rings is 1. The predicted molar refractivity (Wildman–Crippen MR) is 149 cm³/mol. The second-order valence-corrected chi connectivity index (χ2v) is 11.9. The van der Waals surface area contributed by atoms with Gasteiger partial charge in [-0.1, -0.05) is 44.7 Å². The number of carbonyl (C=O) groups excluding carboxylic acids is 1. The van der Waals surface area contributed by atoms with Crippen molar-refractivity contribution >= 4 is 29.0 Å². The van der Waals surface area contributed by atoms with Crippen molar-refractivity contribution in [2.75, 3.05) is 11.6 Å². The normalized spacial score (nSPS) is 33.7. The number of carbonyl (C=O) groups is 1. The van der Waals surface area contributed by atoms with E-state index in [4.69, 9.17) is 0 Å². The van der Waals surface area contributed by atoms with Crippen LogP contribution >= 0.6 is 0 Å². The molecule has 2 saturated carbocycles. The molecule has 2 bridgehead atoms. The third kappa shape index (κ3) is 4.98. The first-order valence-corrected chi connectivity index (χ1v) is 14.7. The fraction of sp³-hybridized carbons (Fsp3) is 0.655. The fourth-order valence-corrected chi connectivity index (χ4v) is 7.96. The fourth-order valence-electron chi connectivity index (χ4n) is 7.96. The summed E-state index contributed by atoms with van der Waals surface area (Å²) >= 11 is 0. The molecule has 3 N–H and O–H groups in total. The molecule has 2 aromatic rings. The number of piperidine rings is 1.